The van der Waals surface area contributed by atoms with Gasteiger partial charge in [0.1, 0.15) is 18.0 Å². The maximum atomic E-state index is 12.2. The van der Waals surface area contributed by atoms with Gasteiger partial charge in [-0.1, -0.05) is 0 Å². The van der Waals surface area contributed by atoms with Crippen molar-refractivity contribution in [3.05, 3.63) is 23.9 Å². The van der Waals surface area contributed by atoms with Crippen molar-refractivity contribution in [1.29, 1.82) is 0 Å². The molecular formula is C15H21N3O3. The lowest BCUT2D eigenvalue weighted by Gasteiger charge is -2.19. The first-order valence-corrected chi connectivity index (χ1v) is 6.87. The van der Waals surface area contributed by atoms with Crippen LogP contribution in [0.3, 0.4) is 0 Å². The predicted molar refractivity (Wildman–Crippen MR) is 80.7 cm³/mol. The lowest BCUT2D eigenvalue weighted by Crippen LogP contribution is -2.27. The van der Waals surface area contributed by atoms with Crippen LogP contribution < -0.4 is 10.5 Å². The van der Waals surface area contributed by atoms with Crippen molar-refractivity contribution in [2.75, 3.05) is 13.2 Å². The van der Waals surface area contributed by atoms with E-state index in [1.807, 2.05) is 39.8 Å². The number of ether oxygens (including phenoxy) is 2. The van der Waals surface area contributed by atoms with Crippen LogP contribution in [-0.4, -0.2) is 34.6 Å². The molecule has 0 spiro atoms. The molecule has 0 saturated carbocycles. The minimum Gasteiger partial charge on any atom is -0.492 e. The largest absolute Gasteiger partial charge is 0.492 e. The highest BCUT2D eigenvalue weighted by atomic mass is 16.6. The first-order chi connectivity index (χ1) is 9.81. The first kappa shape index (κ1) is 15.3. The zero-order valence-corrected chi connectivity index (χ0v) is 12.8. The third kappa shape index (κ3) is 3.52. The number of nitrogens with two attached hydrogens (primary N) is 1. The SMILES string of the molecule is Cc1nn(C(=O)OC(C)(C)C)c2cc(OCCN)ccc12. The maximum Gasteiger partial charge on any atom is 0.435 e. The molecule has 2 aromatic rings. The van der Waals surface area contributed by atoms with Gasteiger partial charge in [-0.3, -0.25) is 0 Å². The monoisotopic (exact) mass is 291 g/mol. The van der Waals surface area contributed by atoms with E-state index in [4.69, 9.17) is 15.2 Å². The second kappa shape index (κ2) is 5.73. The molecule has 0 radical (unpaired) electrons. The number of aromatic nitrogens is 2. The van der Waals surface area contributed by atoms with Gasteiger partial charge in [0.2, 0.25) is 0 Å². The minimum atomic E-state index is -0.572. The van der Waals surface area contributed by atoms with Crippen molar-refractivity contribution in [2.45, 2.75) is 33.3 Å². The van der Waals surface area contributed by atoms with Gasteiger partial charge in [0.15, 0.2) is 0 Å². The summed E-state index contributed by atoms with van der Waals surface area (Å²) in [6, 6.07) is 5.49. The Labute approximate surface area is 123 Å². The van der Waals surface area contributed by atoms with E-state index < -0.39 is 11.7 Å². The molecule has 114 valence electrons. The van der Waals surface area contributed by atoms with Crippen molar-refractivity contribution in [2.24, 2.45) is 5.73 Å². The van der Waals surface area contributed by atoms with Crippen LogP contribution >= 0.6 is 0 Å². The number of benzene rings is 1. The summed E-state index contributed by atoms with van der Waals surface area (Å²) in [4.78, 5) is 12.2. The zero-order chi connectivity index (χ0) is 15.6. The molecule has 0 fully saturated rings. The van der Waals surface area contributed by atoms with Crippen LogP contribution in [0.1, 0.15) is 26.5 Å². The van der Waals surface area contributed by atoms with Gasteiger partial charge in [0, 0.05) is 18.0 Å². The molecule has 0 amide bonds. The Hall–Kier alpha value is -2.08. The van der Waals surface area contributed by atoms with E-state index in [0.717, 1.165) is 11.1 Å². The summed E-state index contributed by atoms with van der Waals surface area (Å²) in [7, 11) is 0. The molecule has 2 N–H and O–H groups in total. The van der Waals surface area contributed by atoms with Gasteiger partial charge in [0.05, 0.1) is 11.2 Å². The molecule has 6 heteroatoms. The van der Waals surface area contributed by atoms with Crippen LogP contribution in [0.5, 0.6) is 5.75 Å². The molecule has 6 nitrogen and oxygen atoms in total. The molecule has 0 saturated heterocycles. The van der Waals surface area contributed by atoms with Crippen LogP contribution in [0.25, 0.3) is 10.9 Å². The van der Waals surface area contributed by atoms with E-state index >= 15 is 0 Å². The third-order valence-corrected chi connectivity index (χ3v) is 2.79. The van der Waals surface area contributed by atoms with Crippen LogP contribution in [0.15, 0.2) is 18.2 Å². The average Bonchev–Trinajstić information content (AvgIpc) is 2.71. The highest BCUT2D eigenvalue weighted by Gasteiger charge is 2.21. The Morgan fingerprint density at radius 3 is 2.71 bits per heavy atom. The molecule has 1 aromatic heterocycles. The average molecular weight is 291 g/mol. The van der Waals surface area contributed by atoms with Crippen molar-refractivity contribution in [1.82, 2.24) is 9.78 Å². The van der Waals surface area contributed by atoms with Crippen molar-refractivity contribution in [3.8, 4) is 5.75 Å². The molecule has 1 heterocycles. The molecular weight excluding hydrogens is 270 g/mol. The number of carbonyl (C=O) groups is 1. The van der Waals surface area contributed by atoms with Gasteiger partial charge < -0.3 is 15.2 Å². The van der Waals surface area contributed by atoms with Gasteiger partial charge in [-0.2, -0.15) is 9.78 Å². The van der Waals surface area contributed by atoms with Crippen LogP contribution in [-0.2, 0) is 4.74 Å². The fraction of sp³-hybridized carbons (Fsp3) is 0.467. The molecule has 0 aliphatic carbocycles. The smallest absolute Gasteiger partial charge is 0.435 e. The highest BCUT2D eigenvalue weighted by Crippen LogP contribution is 2.24. The van der Waals surface area contributed by atoms with Gasteiger partial charge >= 0.3 is 6.09 Å². The fourth-order valence-corrected chi connectivity index (χ4v) is 1.96. The summed E-state index contributed by atoms with van der Waals surface area (Å²) in [5.74, 6) is 0.651. The van der Waals surface area contributed by atoms with Crippen LogP contribution in [0, 0.1) is 6.92 Å². The normalized spacial score (nSPS) is 11.7. The summed E-state index contributed by atoms with van der Waals surface area (Å²) in [5, 5.41) is 5.15. The van der Waals surface area contributed by atoms with Gasteiger partial charge in [0.25, 0.3) is 0 Å². The lowest BCUT2D eigenvalue weighted by molar-refractivity contribution is 0.0522. The second-order valence-corrected chi connectivity index (χ2v) is 5.79. The Morgan fingerprint density at radius 2 is 2.10 bits per heavy atom. The number of nitrogens with zero attached hydrogens (tertiary/aromatic N) is 2. The van der Waals surface area contributed by atoms with E-state index in [-0.39, 0.29) is 0 Å². The maximum absolute atomic E-state index is 12.2. The number of hydrogen-bond acceptors (Lipinski definition) is 5. The Morgan fingerprint density at radius 1 is 1.38 bits per heavy atom. The quantitative estimate of drug-likeness (QED) is 0.939. The number of aryl methyl sites for hydroxylation is 1. The van der Waals surface area contributed by atoms with E-state index in [1.165, 1.54) is 4.68 Å². The third-order valence-electron chi connectivity index (χ3n) is 2.79. The lowest BCUT2D eigenvalue weighted by atomic mass is 10.2. The van der Waals surface area contributed by atoms with E-state index in [0.29, 0.717) is 24.4 Å². The van der Waals surface area contributed by atoms with Gasteiger partial charge in [-0.05, 0) is 39.8 Å². The summed E-state index contributed by atoms with van der Waals surface area (Å²) >= 11 is 0. The summed E-state index contributed by atoms with van der Waals surface area (Å²) < 4.78 is 12.1. The molecule has 0 bridgehead atoms. The van der Waals surface area contributed by atoms with Crippen LogP contribution in [0.4, 0.5) is 4.79 Å². The summed E-state index contributed by atoms with van der Waals surface area (Å²) in [6.45, 7) is 8.16. The van der Waals surface area contributed by atoms with E-state index in [9.17, 15) is 4.79 Å². The topological polar surface area (TPSA) is 79.4 Å². The van der Waals surface area contributed by atoms with Gasteiger partial charge in [-0.25, -0.2) is 4.79 Å². The van der Waals surface area contributed by atoms with Crippen LogP contribution in [0.2, 0.25) is 0 Å². The molecule has 2 rings (SSSR count). The number of carbonyl (C=O) groups excluding carboxylic acids is 1. The Kier molecular flexibility index (Phi) is 4.18. The zero-order valence-electron chi connectivity index (χ0n) is 12.8. The second-order valence-electron chi connectivity index (χ2n) is 5.79. The van der Waals surface area contributed by atoms with Crippen molar-refractivity contribution >= 4 is 17.0 Å². The van der Waals surface area contributed by atoms with Crippen molar-refractivity contribution < 1.29 is 14.3 Å². The molecule has 1 aromatic carbocycles. The summed E-state index contributed by atoms with van der Waals surface area (Å²) in [6.07, 6.45) is -0.503. The van der Waals surface area contributed by atoms with E-state index in [2.05, 4.69) is 5.10 Å². The highest BCUT2D eigenvalue weighted by molar-refractivity contribution is 5.90. The summed E-state index contributed by atoms with van der Waals surface area (Å²) in [5.41, 5.74) is 6.28. The van der Waals surface area contributed by atoms with E-state index in [1.54, 1.807) is 6.07 Å². The fourth-order valence-electron chi connectivity index (χ4n) is 1.96. The first-order valence-electron chi connectivity index (χ1n) is 6.87. The standard InChI is InChI=1S/C15H21N3O3/c1-10-12-6-5-11(20-8-7-16)9-13(12)18(17-10)14(19)21-15(2,3)4/h5-6,9H,7-8,16H2,1-4H3. The van der Waals surface area contributed by atoms with Gasteiger partial charge in [-0.15, -0.1) is 0 Å². The molecule has 0 aliphatic heterocycles. The van der Waals surface area contributed by atoms with Crippen molar-refractivity contribution in [3.63, 3.8) is 0 Å². The Balaban J connectivity index is 2.41. The minimum absolute atomic E-state index is 0.422. The number of hydrogen-bond donors (Lipinski definition) is 1. The number of rotatable bonds is 3. The predicted octanol–water partition coefficient (Wildman–Crippen LogP) is 2.47. The molecule has 21 heavy (non-hydrogen) atoms. The number of fused-ring (bicyclic) bond motifs is 1. The Bertz CT molecular complexity index is 656. The molecule has 0 atom stereocenters. The molecule has 0 aliphatic rings. The molecule has 0 unspecified atom stereocenters.